The van der Waals surface area contributed by atoms with E-state index in [9.17, 15) is 12.3 Å². The molecular formula is C9H10ClFO3S. The van der Waals surface area contributed by atoms with Crippen LogP contribution in [0, 0.1) is 0 Å². The maximum atomic E-state index is 12.3. The maximum absolute atomic E-state index is 12.3. The van der Waals surface area contributed by atoms with Crippen LogP contribution in [0.4, 0.5) is 3.89 Å². The molecule has 0 saturated heterocycles. The SMILES string of the molecule is COc1cccc(Cl)c1CCS(=O)(=O)F. The van der Waals surface area contributed by atoms with Crippen LogP contribution in [0.15, 0.2) is 18.2 Å². The van der Waals surface area contributed by atoms with Gasteiger partial charge in [0.1, 0.15) is 5.75 Å². The third kappa shape index (κ3) is 3.68. The average Bonchev–Trinajstić information content (AvgIpc) is 2.14. The van der Waals surface area contributed by atoms with E-state index >= 15 is 0 Å². The summed E-state index contributed by atoms with van der Waals surface area (Å²) in [6.45, 7) is 0. The molecule has 6 heteroatoms. The molecule has 0 heterocycles. The van der Waals surface area contributed by atoms with Crippen molar-refractivity contribution in [2.75, 3.05) is 12.9 Å². The van der Waals surface area contributed by atoms with Gasteiger partial charge in [-0.2, -0.15) is 8.42 Å². The predicted octanol–water partition coefficient (Wildman–Crippen LogP) is 2.19. The smallest absolute Gasteiger partial charge is 0.302 e. The zero-order chi connectivity index (χ0) is 11.5. The number of methoxy groups -OCH3 is 1. The summed E-state index contributed by atoms with van der Waals surface area (Å²) < 4.78 is 38.0. The van der Waals surface area contributed by atoms with Crippen LogP contribution in [-0.2, 0) is 16.6 Å². The molecular weight excluding hydrogens is 243 g/mol. The van der Waals surface area contributed by atoms with E-state index < -0.39 is 16.0 Å². The number of halogens is 2. The third-order valence-electron chi connectivity index (χ3n) is 1.89. The summed E-state index contributed by atoms with van der Waals surface area (Å²) in [5.74, 6) is -0.126. The fraction of sp³-hybridized carbons (Fsp3) is 0.333. The van der Waals surface area contributed by atoms with Gasteiger partial charge in [-0.1, -0.05) is 17.7 Å². The van der Waals surface area contributed by atoms with E-state index in [0.29, 0.717) is 16.3 Å². The van der Waals surface area contributed by atoms with Crippen molar-refractivity contribution in [3.63, 3.8) is 0 Å². The van der Waals surface area contributed by atoms with Crippen molar-refractivity contribution in [3.05, 3.63) is 28.8 Å². The number of rotatable bonds is 4. The second-order valence-corrected chi connectivity index (χ2v) is 4.81. The van der Waals surface area contributed by atoms with E-state index in [4.69, 9.17) is 16.3 Å². The molecule has 3 nitrogen and oxygen atoms in total. The topological polar surface area (TPSA) is 43.4 Å². The van der Waals surface area contributed by atoms with Crippen LogP contribution in [0.1, 0.15) is 5.56 Å². The Morgan fingerprint density at radius 3 is 2.67 bits per heavy atom. The third-order valence-corrected chi connectivity index (χ3v) is 2.94. The molecule has 0 aromatic heterocycles. The first-order valence-corrected chi connectivity index (χ1v) is 6.11. The van der Waals surface area contributed by atoms with Crippen molar-refractivity contribution in [3.8, 4) is 5.75 Å². The molecule has 0 fully saturated rings. The van der Waals surface area contributed by atoms with E-state index in [-0.39, 0.29) is 6.42 Å². The summed E-state index contributed by atoms with van der Waals surface area (Å²) in [6.07, 6.45) is 0.00167. The quantitative estimate of drug-likeness (QED) is 0.772. The normalized spacial score (nSPS) is 11.4. The van der Waals surface area contributed by atoms with Gasteiger partial charge >= 0.3 is 10.2 Å². The Bertz CT molecular complexity index is 445. The predicted molar refractivity (Wildman–Crippen MR) is 56.6 cm³/mol. The van der Waals surface area contributed by atoms with Gasteiger partial charge in [-0.15, -0.1) is 3.89 Å². The van der Waals surface area contributed by atoms with Crippen molar-refractivity contribution in [2.24, 2.45) is 0 Å². The molecule has 84 valence electrons. The molecule has 15 heavy (non-hydrogen) atoms. The van der Waals surface area contributed by atoms with Crippen molar-refractivity contribution >= 4 is 21.8 Å². The lowest BCUT2D eigenvalue weighted by Gasteiger charge is -2.08. The van der Waals surface area contributed by atoms with E-state index in [1.807, 2.05) is 0 Å². The van der Waals surface area contributed by atoms with Gasteiger partial charge < -0.3 is 4.74 Å². The molecule has 0 atom stereocenters. The van der Waals surface area contributed by atoms with E-state index in [2.05, 4.69) is 0 Å². The molecule has 1 aromatic rings. The Labute approximate surface area is 93.0 Å². The van der Waals surface area contributed by atoms with Crippen LogP contribution in [0.25, 0.3) is 0 Å². The van der Waals surface area contributed by atoms with Gasteiger partial charge in [-0.25, -0.2) is 0 Å². The minimum Gasteiger partial charge on any atom is -0.496 e. The second-order valence-electron chi connectivity index (χ2n) is 2.91. The molecule has 0 aliphatic rings. The highest BCUT2D eigenvalue weighted by molar-refractivity contribution is 7.86. The van der Waals surface area contributed by atoms with E-state index in [0.717, 1.165) is 0 Å². The highest BCUT2D eigenvalue weighted by Gasteiger charge is 2.13. The molecule has 0 bridgehead atoms. The van der Waals surface area contributed by atoms with Gasteiger partial charge in [-0.3, -0.25) is 0 Å². The molecule has 0 N–H and O–H groups in total. The van der Waals surface area contributed by atoms with Gasteiger partial charge in [0.25, 0.3) is 0 Å². The maximum Gasteiger partial charge on any atom is 0.302 e. The van der Waals surface area contributed by atoms with Crippen LogP contribution >= 0.6 is 11.6 Å². The lowest BCUT2D eigenvalue weighted by molar-refractivity contribution is 0.410. The first-order valence-electron chi connectivity index (χ1n) is 4.18. The van der Waals surface area contributed by atoms with Gasteiger partial charge in [0, 0.05) is 10.6 Å². The van der Waals surface area contributed by atoms with Gasteiger partial charge in [0.05, 0.1) is 12.9 Å². The Hall–Kier alpha value is -0.810. The van der Waals surface area contributed by atoms with Crippen LogP contribution in [0.5, 0.6) is 5.75 Å². The largest absolute Gasteiger partial charge is 0.496 e. The van der Waals surface area contributed by atoms with Crippen LogP contribution in [0.2, 0.25) is 5.02 Å². The Morgan fingerprint density at radius 1 is 1.47 bits per heavy atom. The molecule has 0 radical (unpaired) electrons. The molecule has 0 saturated carbocycles. The number of hydrogen-bond donors (Lipinski definition) is 0. The molecule has 0 amide bonds. The second kappa shape index (κ2) is 4.81. The minimum atomic E-state index is -4.48. The van der Waals surface area contributed by atoms with Crippen LogP contribution in [0.3, 0.4) is 0 Å². The van der Waals surface area contributed by atoms with Crippen LogP contribution < -0.4 is 4.74 Å². The fourth-order valence-electron chi connectivity index (χ4n) is 1.20. The van der Waals surface area contributed by atoms with E-state index in [1.165, 1.54) is 7.11 Å². The van der Waals surface area contributed by atoms with Crippen molar-refractivity contribution in [1.29, 1.82) is 0 Å². The average molecular weight is 253 g/mol. The summed E-state index contributed by atoms with van der Waals surface area (Å²) in [5.41, 5.74) is 0.503. The first kappa shape index (κ1) is 12.3. The zero-order valence-corrected chi connectivity index (χ0v) is 9.61. The number of ether oxygens (including phenoxy) is 1. The highest BCUT2D eigenvalue weighted by atomic mass is 35.5. The Morgan fingerprint density at radius 2 is 2.13 bits per heavy atom. The minimum absolute atomic E-state index is 0.00167. The standard InChI is InChI=1S/C9H10ClFO3S/c1-14-9-4-2-3-8(10)7(9)5-6-15(11,12)13/h2-4H,5-6H2,1H3. The zero-order valence-electron chi connectivity index (χ0n) is 8.04. The Balaban J connectivity index is 2.93. The number of benzene rings is 1. The van der Waals surface area contributed by atoms with Gasteiger partial charge in [0.15, 0.2) is 0 Å². The molecule has 0 aliphatic carbocycles. The van der Waals surface area contributed by atoms with Crippen molar-refractivity contribution in [2.45, 2.75) is 6.42 Å². The molecule has 0 spiro atoms. The van der Waals surface area contributed by atoms with Crippen LogP contribution in [-0.4, -0.2) is 21.3 Å². The lowest BCUT2D eigenvalue weighted by Crippen LogP contribution is -2.04. The summed E-state index contributed by atoms with van der Waals surface area (Å²) in [7, 11) is -3.03. The fourth-order valence-corrected chi connectivity index (χ4v) is 1.90. The summed E-state index contributed by atoms with van der Waals surface area (Å²) in [6, 6.07) is 4.92. The molecule has 1 rings (SSSR count). The summed E-state index contributed by atoms with van der Waals surface area (Å²) in [5, 5.41) is 0.373. The molecule has 0 aliphatic heterocycles. The summed E-state index contributed by atoms with van der Waals surface area (Å²) >= 11 is 5.84. The highest BCUT2D eigenvalue weighted by Crippen LogP contribution is 2.26. The van der Waals surface area contributed by atoms with Gasteiger partial charge in [-0.05, 0) is 18.6 Å². The number of hydrogen-bond acceptors (Lipinski definition) is 3. The monoisotopic (exact) mass is 252 g/mol. The molecule has 0 unspecified atom stereocenters. The van der Waals surface area contributed by atoms with E-state index in [1.54, 1.807) is 18.2 Å². The molecule has 1 aromatic carbocycles. The van der Waals surface area contributed by atoms with Crippen molar-refractivity contribution in [1.82, 2.24) is 0 Å². The summed E-state index contributed by atoms with van der Waals surface area (Å²) in [4.78, 5) is 0. The van der Waals surface area contributed by atoms with Gasteiger partial charge in [0.2, 0.25) is 0 Å². The lowest BCUT2D eigenvalue weighted by atomic mass is 10.1. The van der Waals surface area contributed by atoms with Crippen molar-refractivity contribution < 1.29 is 17.0 Å². The first-order chi connectivity index (χ1) is 6.94. The Kier molecular flexibility index (Phi) is 3.93.